The van der Waals surface area contributed by atoms with Gasteiger partial charge >= 0.3 is 0 Å². The van der Waals surface area contributed by atoms with Gasteiger partial charge in [0.1, 0.15) is 5.75 Å². The molecule has 2 N–H and O–H groups in total. The Hall–Kier alpha value is -2.22. The maximum atomic E-state index is 12.6. The molecule has 0 bridgehead atoms. The third-order valence-corrected chi connectivity index (χ3v) is 5.76. The van der Waals surface area contributed by atoms with Crippen LogP contribution >= 0.6 is 11.8 Å². The van der Waals surface area contributed by atoms with Crippen LogP contribution in [0.1, 0.15) is 39.5 Å². The smallest absolute Gasteiger partial charge is 0.233 e. The molecule has 1 aromatic heterocycles. The zero-order valence-electron chi connectivity index (χ0n) is 15.9. The van der Waals surface area contributed by atoms with E-state index in [9.17, 15) is 4.79 Å². The van der Waals surface area contributed by atoms with Crippen LogP contribution in [-0.4, -0.2) is 50.6 Å². The van der Waals surface area contributed by atoms with E-state index < -0.39 is 0 Å². The summed E-state index contributed by atoms with van der Waals surface area (Å²) in [4.78, 5) is 14.6. The van der Waals surface area contributed by atoms with Crippen molar-refractivity contribution >= 4 is 17.7 Å². The summed E-state index contributed by atoms with van der Waals surface area (Å²) < 4.78 is 6.90. The number of thioether (sulfide) groups is 1. The number of carbonyl (C=O) groups is 1. The number of nitrogens with zero attached hydrogens (tertiary/aromatic N) is 4. The van der Waals surface area contributed by atoms with Gasteiger partial charge in [-0.2, -0.15) is 0 Å². The Kier molecular flexibility index (Phi) is 6.60. The fourth-order valence-electron chi connectivity index (χ4n) is 3.40. The number of carbonyl (C=O) groups excluding carboxylic acids is 1. The summed E-state index contributed by atoms with van der Waals surface area (Å²) in [6, 6.07) is 7.92. The summed E-state index contributed by atoms with van der Waals surface area (Å²) in [5.74, 6) is 8.01. The highest BCUT2D eigenvalue weighted by molar-refractivity contribution is 7.99. The number of aromatic nitrogens is 3. The van der Waals surface area contributed by atoms with E-state index in [0.29, 0.717) is 29.4 Å². The highest BCUT2D eigenvalue weighted by atomic mass is 32.2. The predicted octanol–water partition coefficient (Wildman–Crippen LogP) is 2.94. The topological polar surface area (TPSA) is 86.3 Å². The van der Waals surface area contributed by atoms with E-state index in [-0.39, 0.29) is 5.91 Å². The number of ether oxygens (including phenoxy) is 1. The molecule has 0 saturated carbocycles. The average Bonchev–Trinajstić information content (AvgIpc) is 3.07. The van der Waals surface area contributed by atoms with Gasteiger partial charge in [-0.05, 0) is 56.9 Å². The normalized spacial score (nSPS) is 17.1. The van der Waals surface area contributed by atoms with Crippen molar-refractivity contribution in [2.45, 2.75) is 50.7 Å². The number of hydrogen-bond acceptors (Lipinski definition) is 6. The second kappa shape index (κ2) is 9.12. The van der Waals surface area contributed by atoms with Crippen molar-refractivity contribution in [3.8, 4) is 17.1 Å². The number of amides is 1. The molecule has 0 radical (unpaired) electrons. The number of rotatable bonds is 7. The van der Waals surface area contributed by atoms with Crippen LogP contribution in [0.3, 0.4) is 0 Å². The highest BCUT2D eigenvalue weighted by Gasteiger charge is 2.25. The Bertz CT molecular complexity index is 762. The van der Waals surface area contributed by atoms with Crippen molar-refractivity contribution in [1.82, 2.24) is 19.8 Å². The molecule has 7 nitrogen and oxygen atoms in total. The quantitative estimate of drug-likeness (QED) is 0.579. The number of hydrogen-bond donors (Lipinski definition) is 1. The molecule has 1 aliphatic rings. The van der Waals surface area contributed by atoms with Gasteiger partial charge in [0.25, 0.3) is 0 Å². The van der Waals surface area contributed by atoms with Gasteiger partial charge in [0.15, 0.2) is 5.82 Å². The van der Waals surface area contributed by atoms with Crippen LogP contribution in [0.15, 0.2) is 29.4 Å². The number of nitrogens with two attached hydrogens (primary N) is 1. The van der Waals surface area contributed by atoms with Crippen molar-refractivity contribution in [3.63, 3.8) is 0 Å². The van der Waals surface area contributed by atoms with Gasteiger partial charge in [-0.25, -0.2) is 4.68 Å². The van der Waals surface area contributed by atoms with Crippen molar-refractivity contribution < 1.29 is 9.53 Å². The van der Waals surface area contributed by atoms with Gasteiger partial charge in [-0.1, -0.05) is 18.7 Å². The van der Waals surface area contributed by atoms with Crippen LogP contribution in [0.25, 0.3) is 11.4 Å². The second-order valence-electron chi connectivity index (χ2n) is 6.57. The maximum absolute atomic E-state index is 12.6. The third kappa shape index (κ3) is 4.55. The van der Waals surface area contributed by atoms with Gasteiger partial charge in [0.2, 0.25) is 11.1 Å². The lowest BCUT2D eigenvalue weighted by Crippen LogP contribution is -2.44. The summed E-state index contributed by atoms with van der Waals surface area (Å²) in [6.45, 7) is 5.56. The largest absolute Gasteiger partial charge is 0.494 e. The van der Waals surface area contributed by atoms with Crippen LogP contribution in [0.5, 0.6) is 5.75 Å². The van der Waals surface area contributed by atoms with Crippen LogP contribution in [0.2, 0.25) is 0 Å². The lowest BCUT2D eigenvalue weighted by atomic mass is 10.0. The van der Waals surface area contributed by atoms with Gasteiger partial charge in [-0.15, -0.1) is 10.2 Å². The summed E-state index contributed by atoms with van der Waals surface area (Å²) in [6.07, 6.45) is 4.40. The zero-order chi connectivity index (χ0) is 19.2. The van der Waals surface area contributed by atoms with E-state index in [1.165, 1.54) is 22.9 Å². The molecule has 8 heteroatoms. The van der Waals surface area contributed by atoms with Crippen LogP contribution in [0, 0.1) is 0 Å². The molecule has 1 aromatic carbocycles. The van der Waals surface area contributed by atoms with E-state index in [2.05, 4.69) is 17.1 Å². The molecule has 2 aromatic rings. The predicted molar refractivity (Wildman–Crippen MR) is 107 cm³/mol. The molecule has 2 heterocycles. The molecule has 1 fully saturated rings. The molecule has 0 aliphatic carbocycles. The van der Waals surface area contributed by atoms with Crippen molar-refractivity contribution in [3.05, 3.63) is 24.3 Å². The van der Waals surface area contributed by atoms with Crippen LogP contribution in [0.4, 0.5) is 0 Å². The van der Waals surface area contributed by atoms with Gasteiger partial charge < -0.3 is 15.5 Å². The first-order valence-electron chi connectivity index (χ1n) is 9.50. The third-order valence-electron chi connectivity index (χ3n) is 4.83. The van der Waals surface area contributed by atoms with E-state index in [1.807, 2.05) is 36.1 Å². The van der Waals surface area contributed by atoms with Crippen molar-refractivity contribution in [2.75, 3.05) is 24.7 Å². The molecule has 0 spiro atoms. The second-order valence-corrected chi connectivity index (χ2v) is 7.51. The van der Waals surface area contributed by atoms with E-state index in [0.717, 1.165) is 37.1 Å². The molecule has 1 aliphatic heterocycles. The fourth-order valence-corrected chi connectivity index (χ4v) is 4.14. The minimum absolute atomic E-state index is 0.150. The van der Waals surface area contributed by atoms with Gasteiger partial charge in [0.05, 0.1) is 12.4 Å². The number of nitrogen functional groups attached to an aromatic ring is 1. The fraction of sp³-hybridized carbons (Fsp3) is 0.526. The van der Waals surface area contributed by atoms with E-state index in [1.54, 1.807) is 0 Å². The zero-order valence-corrected chi connectivity index (χ0v) is 16.7. The minimum atomic E-state index is 0.150. The van der Waals surface area contributed by atoms with Gasteiger partial charge in [-0.3, -0.25) is 4.79 Å². The molecule has 3 rings (SSSR count). The molecule has 27 heavy (non-hydrogen) atoms. The first-order valence-corrected chi connectivity index (χ1v) is 10.5. The number of benzene rings is 1. The van der Waals surface area contributed by atoms with E-state index >= 15 is 0 Å². The summed E-state index contributed by atoms with van der Waals surface area (Å²) >= 11 is 1.34. The van der Waals surface area contributed by atoms with E-state index in [4.69, 9.17) is 10.6 Å². The van der Waals surface area contributed by atoms with Crippen LogP contribution < -0.4 is 10.6 Å². The van der Waals surface area contributed by atoms with Crippen LogP contribution in [-0.2, 0) is 4.79 Å². The molecule has 0 unspecified atom stereocenters. The number of likely N-dealkylation sites (tertiary alicyclic amines) is 1. The monoisotopic (exact) mass is 389 g/mol. The molecule has 146 valence electrons. The lowest BCUT2D eigenvalue weighted by molar-refractivity contribution is -0.132. The highest BCUT2D eigenvalue weighted by Crippen LogP contribution is 2.25. The van der Waals surface area contributed by atoms with Crippen molar-refractivity contribution in [1.29, 1.82) is 0 Å². The molecule has 1 amide bonds. The Labute approximate surface area is 164 Å². The minimum Gasteiger partial charge on any atom is -0.494 e. The Morgan fingerprint density at radius 1 is 1.26 bits per heavy atom. The molecular formula is C19H27N5O2S. The Morgan fingerprint density at radius 3 is 2.74 bits per heavy atom. The lowest BCUT2D eigenvalue weighted by Gasteiger charge is -2.35. The first kappa shape index (κ1) is 19.5. The van der Waals surface area contributed by atoms with Crippen molar-refractivity contribution in [2.24, 2.45) is 0 Å². The average molecular weight is 390 g/mol. The SMILES string of the molecule is CCOc1ccc(-c2nnc(SCC(=O)N3CCCC[C@H]3CC)n2N)cc1. The molecule has 1 atom stereocenters. The molecule has 1 saturated heterocycles. The Morgan fingerprint density at radius 2 is 2.04 bits per heavy atom. The number of piperidine rings is 1. The summed E-state index contributed by atoms with van der Waals surface area (Å²) in [5.41, 5.74) is 0.855. The van der Waals surface area contributed by atoms with Gasteiger partial charge in [0, 0.05) is 18.2 Å². The maximum Gasteiger partial charge on any atom is 0.233 e. The first-order chi connectivity index (χ1) is 13.1. The standard InChI is InChI=1S/C19H27N5O2S/c1-3-15-7-5-6-12-23(15)17(25)13-27-19-22-21-18(24(19)20)14-8-10-16(11-9-14)26-4-2/h8-11,15H,3-7,12-13,20H2,1-2H3/t15-/m1/s1. The Balaban J connectivity index is 1.64. The summed E-state index contributed by atoms with van der Waals surface area (Å²) in [7, 11) is 0. The molecular weight excluding hydrogens is 362 g/mol. The summed E-state index contributed by atoms with van der Waals surface area (Å²) in [5, 5.41) is 8.88.